The molecule has 3 N–H and O–H groups in total. The third-order valence-corrected chi connectivity index (χ3v) is 2.28. The second kappa shape index (κ2) is 6.12. The summed E-state index contributed by atoms with van der Waals surface area (Å²) in [4.78, 5) is 11.5. The Hall–Kier alpha value is -1.55. The first-order valence-corrected chi connectivity index (χ1v) is 5.28. The minimum atomic E-state index is -0.0110. The zero-order chi connectivity index (χ0) is 12.0. The second-order valence-corrected chi connectivity index (χ2v) is 3.73. The Kier molecular flexibility index (Phi) is 4.79. The van der Waals surface area contributed by atoms with Gasteiger partial charge in [0.05, 0.1) is 13.5 Å². The van der Waals surface area contributed by atoms with Gasteiger partial charge in [0.2, 0.25) is 5.91 Å². The number of rotatable bonds is 5. The van der Waals surface area contributed by atoms with E-state index < -0.39 is 0 Å². The van der Waals surface area contributed by atoms with Gasteiger partial charge in [0.15, 0.2) is 0 Å². The van der Waals surface area contributed by atoms with Gasteiger partial charge >= 0.3 is 0 Å². The van der Waals surface area contributed by atoms with Gasteiger partial charge in [-0.25, -0.2) is 0 Å². The molecule has 4 heteroatoms. The lowest BCUT2D eigenvalue weighted by molar-refractivity contribution is -0.120. The summed E-state index contributed by atoms with van der Waals surface area (Å²) in [5.41, 5.74) is 6.38. The van der Waals surface area contributed by atoms with Crippen LogP contribution in [0.3, 0.4) is 0 Å². The number of amides is 1. The lowest BCUT2D eigenvalue weighted by Crippen LogP contribution is -2.38. The van der Waals surface area contributed by atoms with Crippen LogP contribution in [0.15, 0.2) is 24.3 Å². The van der Waals surface area contributed by atoms with E-state index in [0.717, 1.165) is 11.3 Å². The Labute approximate surface area is 95.8 Å². The number of ether oxygens (including phenoxy) is 1. The van der Waals surface area contributed by atoms with Crippen LogP contribution in [-0.4, -0.2) is 25.6 Å². The van der Waals surface area contributed by atoms with Crippen LogP contribution in [0.5, 0.6) is 5.75 Å². The third-order valence-electron chi connectivity index (χ3n) is 2.28. The van der Waals surface area contributed by atoms with E-state index >= 15 is 0 Å². The smallest absolute Gasteiger partial charge is 0.224 e. The van der Waals surface area contributed by atoms with Crippen LogP contribution in [0.25, 0.3) is 0 Å². The molecule has 0 aliphatic carbocycles. The summed E-state index contributed by atoms with van der Waals surface area (Å²) in [5.74, 6) is 0.780. The lowest BCUT2D eigenvalue weighted by atomic mass is 10.1. The molecule has 1 aromatic carbocycles. The average Bonchev–Trinajstić information content (AvgIpc) is 2.29. The molecule has 88 valence electrons. The van der Waals surface area contributed by atoms with Crippen molar-refractivity contribution in [2.75, 3.05) is 13.7 Å². The molecule has 0 unspecified atom stereocenters. The Morgan fingerprint density at radius 2 is 2.06 bits per heavy atom. The number of methoxy groups -OCH3 is 1. The van der Waals surface area contributed by atoms with Crippen LogP contribution in [-0.2, 0) is 11.2 Å². The molecule has 0 saturated heterocycles. The van der Waals surface area contributed by atoms with E-state index in [1.165, 1.54) is 0 Å². The van der Waals surface area contributed by atoms with E-state index in [1.807, 2.05) is 31.2 Å². The molecule has 0 aliphatic heterocycles. The molecule has 0 spiro atoms. The fourth-order valence-corrected chi connectivity index (χ4v) is 1.31. The molecule has 4 nitrogen and oxygen atoms in total. The van der Waals surface area contributed by atoms with E-state index in [-0.39, 0.29) is 11.9 Å². The molecular formula is C12H18N2O2. The van der Waals surface area contributed by atoms with Crippen molar-refractivity contribution in [1.29, 1.82) is 0 Å². The van der Waals surface area contributed by atoms with Gasteiger partial charge in [-0.2, -0.15) is 0 Å². The molecule has 0 aromatic heterocycles. The van der Waals surface area contributed by atoms with Crippen molar-refractivity contribution in [3.05, 3.63) is 29.8 Å². The number of hydrogen-bond donors (Lipinski definition) is 2. The van der Waals surface area contributed by atoms with Crippen LogP contribution in [0.2, 0.25) is 0 Å². The van der Waals surface area contributed by atoms with Crippen molar-refractivity contribution < 1.29 is 9.53 Å². The summed E-state index contributed by atoms with van der Waals surface area (Å²) in [6.07, 6.45) is 0.369. The molecule has 1 rings (SSSR count). The lowest BCUT2D eigenvalue weighted by Gasteiger charge is -2.11. The highest BCUT2D eigenvalue weighted by molar-refractivity contribution is 5.78. The summed E-state index contributed by atoms with van der Waals surface area (Å²) in [6.45, 7) is 2.33. The topological polar surface area (TPSA) is 64.3 Å². The minimum absolute atomic E-state index is 0.0110. The van der Waals surface area contributed by atoms with E-state index in [9.17, 15) is 4.79 Å². The van der Waals surface area contributed by atoms with Crippen LogP contribution in [0, 0.1) is 0 Å². The van der Waals surface area contributed by atoms with Crippen molar-refractivity contribution in [1.82, 2.24) is 5.32 Å². The van der Waals surface area contributed by atoms with Crippen molar-refractivity contribution in [2.24, 2.45) is 5.73 Å². The monoisotopic (exact) mass is 222 g/mol. The van der Waals surface area contributed by atoms with Crippen LogP contribution in [0.4, 0.5) is 0 Å². The molecular weight excluding hydrogens is 204 g/mol. The maximum absolute atomic E-state index is 11.5. The number of hydrogen-bond acceptors (Lipinski definition) is 3. The highest BCUT2D eigenvalue weighted by Crippen LogP contribution is 2.11. The van der Waals surface area contributed by atoms with Gasteiger partial charge in [0.1, 0.15) is 5.75 Å². The second-order valence-electron chi connectivity index (χ2n) is 3.73. The molecule has 16 heavy (non-hydrogen) atoms. The number of benzene rings is 1. The minimum Gasteiger partial charge on any atom is -0.497 e. The highest BCUT2D eigenvalue weighted by Gasteiger charge is 2.06. The zero-order valence-electron chi connectivity index (χ0n) is 9.69. The van der Waals surface area contributed by atoms with Crippen molar-refractivity contribution in [3.8, 4) is 5.75 Å². The predicted molar refractivity (Wildman–Crippen MR) is 63.4 cm³/mol. The van der Waals surface area contributed by atoms with Crippen LogP contribution < -0.4 is 15.8 Å². The first-order valence-electron chi connectivity index (χ1n) is 5.28. The Bertz CT molecular complexity index is 335. The molecule has 1 atom stereocenters. The average molecular weight is 222 g/mol. The van der Waals surface area contributed by atoms with E-state index in [0.29, 0.717) is 13.0 Å². The molecule has 1 amide bonds. The number of carbonyl (C=O) groups is 1. The maximum atomic E-state index is 11.5. The van der Waals surface area contributed by atoms with Gasteiger partial charge in [-0.1, -0.05) is 12.1 Å². The first kappa shape index (κ1) is 12.5. The molecule has 0 aliphatic rings. The molecule has 0 heterocycles. The summed E-state index contributed by atoms with van der Waals surface area (Å²) < 4.78 is 5.04. The number of nitrogens with one attached hydrogen (secondary N) is 1. The SMILES string of the molecule is COc1ccc(CC(=O)N[C@H](C)CN)cc1. The fourth-order valence-electron chi connectivity index (χ4n) is 1.31. The fraction of sp³-hybridized carbons (Fsp3) is 0.417. The van der Waals surface area contributed by atoms with E-state index in [1.54, 1.807) is 7.11 Å². The highest BCUT2D eigenvalue weighted by atomic mass is 16.5. The molecule has 0 bridgehead atoms. The Morgan fingerprint density at radius 1 is 1.44 bits per heavy atom. The first-order chi connectivity index (χ1) is 7.65. The third kappa shape index (κ3) is 3.90. The summed E-state index contributed by atoms with van der Waals surface area (Å²) in [7, 11) is 1.62. The van der Waals surface area contributed by atoms with Crippen molar-refractivity contribution in [3.63, 3.8) is 0 Å². The van der Waals surface area contributed by atoms with Gasteiger partial charge in [-0.05, 0) is 24.6 Å². The van der Waals surface area contributed by atoms with Gasteiger partial charge < -0.3 is 15.8 Å². The molecule has 0 fully saturated rings. The van der Waals surface area contributed by atoms with Gasteiger partial charge in [0.25, 0.3) is 0 Å². The summed E-state index contributed by atoms with van der Waals surface area (Å²) in [5, 5.41) is 2.81. The number of nitrogens with two attached hydrogens (primary N) is 1. The number of carbonyl (C=O) groups excluding carboxylic acids is 1. The maximum Gasteiger partial charge on any atom is 0.224 e. The predicted octanol–water partition coefficient (Wildman–Crippen LogP) is 0.701. The van der Waals surface area contributed by atoms with Gasteiger partial charge in [-0.15, -0.1) is 0 Å². The largest absolute Gasteiger partial charge is 0.497 e. The van der Waals surface area contributed by atoms with Crippen molar-refractivity contribution >= 4 is 5.91 Å². The van der Waals surface area contributed by atoms with Crippen LogP contribution >= 0.6 is 0 Å². The Morgan fingerprint density at radius 3 is 2.56 bits per heavy atom. The quantitative estimate of drug-likeness (QED) is 0.771. The summed E-state index contributed by atoms with van der Waals surface area (Å²) >= 11 is 0. The Balaban J connectivity index is 2.49. The standard InChI is InChI=1S/C12H18N2O2/c1-9(8-13)14-12(15)7-10-3-5-11(16-2)6-4-10/h3-6,9H,7-8,13H2,1-2H3,(H,14,15)/t9-/m1/s1. The normalized spacial score (nSPS) is 11.9. The van der Waals surface area contributed by atoms with E-state index in [2.05, 4.69) is 5.32 Å². The van der Waals surface area contributed by atoms with E-state index in [4.69, 9.17) is 10.5 Å². The molecule has 1 aromatic rings. The van der Waals surface area contributed by atoms with Crippen LogP contribution in [0.1, 0.15) is 12.5 Å². The molecule has 0 radical (unpaired) electrons. The van der Waals surface area contributed by atoms with Gasteiger partial charge in [0, 0.05) is 12.6 Å². The van der Waals surface area contributed by atoms with Gasteiger partial charge in [-0.3, -0.25) is 4.79 Å². The zero-order valence-corrected chi connectivity index (χ0v) is 9.69. The van der Waals surface area contributed by atoms with Crippen molar-refractivity contribution in [2.45, 2.75) is 19.4 Å². The molecule has 0 saturated carbocycles. The summed E-state index contributed by atoms with van der Waals surface area (Å²) in [6, 6.07) is 7.46.